The Kier molecular flexibility index (Phi) is 4.21. The Bertz CT molecular complexity index is 646. The summed E-state index contributed by atoms with van der Waals surface area (Å²) in [6, 6.07) is 12.6. The highest BCUT2D eigenvalue weighted by molar-refractivity contribution is 7.10. The summed E-state index contributed by atoms with van der Waals surface area (Å²) in [5, 5.41) is 5.18. The molecular formula is C18H22N2OS. The van der Waals surface area contributed by atoms with Crippen molar-refractivity contribution in [3.63, 3.8) is 0 Å². The van der Waals surface area contributed by atoms with Crippen molar-refractivity contribution in [1.29, 1.82) is 0 Å². The first-order chi connectivity index (χ1) is 10.6. The van der Waals surface area contributed by atoms with Gasteiger partial charge in [0.25, 0.3) is 0 Å². The Balaban J connectivity index is 1.55. The molecule has 2 amide bonds. The van der Waals surface area contributed by atoms with Crippen molar-refractivity contribution in [2.45, 2.75) is 31.7 Å². The Morgan fingerprint density at radius 2 is 2.00 bits per heavy atom. The first-order valence-corrected chi connectivity index (χ1v) is 8.56. The molecule has 0 aliphatic heterocycles. The van der Waals surface area contributed by atoms with E-state index in [0.29, 0.717) is 6.54 Å². The fraction of sp³-hybridized carbons (Fsp3) is 0.389. The predicted molar refractivity (Wildman–Crippen MR) is 91.3 cm³/mol. The van der Waals surface area contributed by atoms with Crippen LogP contribution >= 0.6 is 11.3 Å². The molecule has 0 radical (unpaired) electrons. The van der Waals surface area contributed by atoms with Crippen molar-refractivity contribution in [3.05, 3.63) is 57.8 Å². The molecule has 1 aromatic carbocycles. The van der Waals surface area contributed by atoms with E-state index in [-0.39, 0.29) is 11.4 Å². The van der Waals surface area contributed by atoms with Gasteiger partial charge < -0.3 is 10.2 Å². The zero-order valence-corrected chi connectivity index (χ0v) is 14.0. The van der Waals surface area contributed by atoms with E-state index in [1.54, 1.807) is 16.2 Å². The lowest BCUT2D eigenvalue weighted by Gasteiger charge is -2.21. The van der Waals surface area contributed by atoms with Crippen LogP contribution in [0.3, 0.4) is 0 Å². The number of urea groups is 1. The highest BCUT2D eigenvalue weighted by Gasteiger charge is 2.44. The quantitative estimate of drug-likeness (QED) is 0.891. The second kappa shape index (κ2) is 6.13. The maximum Gasteiger partial charge on any atom is 0.317 e. The molecule has 0 bridgehead atoms. The van der Waals surface area contributed by atoms with Crippen molar-refractivity contribution < 1.29 is 4.79 Å². The van der Waals surface area contributed by atoms with Gasteiger partial charge in [-0.15, -0.1) is 11.3 Å². The molecule has 1 aromatic heterocycles. The Morgan fingerprint density at radius 1 is 1.27 bits per heavy atom. The van der Waals surface area contributed by atoms with E-state index in [0.717, 1.165) is 19.4 Å². The van der Waals surface area contributed by atoms with Gasteiger partial charge in [-0.2, -0.15) is 0 Å². The van der Waals surface area contributed by atoms with Crippen LogP contribution < -0.4 is 5.32 Å². The van der Waals surface area contributed by atoms with Crippen molar-refractivity contribution in [1.82, 2.24) is 10.2 Å². The largest absolute Gasteiger partial charge is 0.337 e. The Morgan fingerprint density at radius 3 is 2.59 bits per heavy atom. The second-order valence-electron chi connectivity index (χ2n) is 6.19. The van der Waals surface area contributed by atoms with Crippen LogP contribution in [0.25, 0.3) is 0 Å². The van der Waals surface area contributed by atoms with E-state index >= 15 is 0 Å². The van der Waals surface area contributed by atoms with Gasteiger partial charge in [0, 0.05) is 23.9 Å². The fourth-order valence-corrected chi connectivity index (χ4v) is 3.70. The first kappa shape index (κ1) is 15.1. The average molecular weight is 314 g/mol. The Labute approximate surface area is 136 Å². The smallest absolute Gasteiger partial charge is 0.317 e. The number of hydrogen-bond donors (Lipinski definition) is 1. The number of nitrogens with one attached hydrogen (secondary N) is 1. The number of hydrogen-bond acceptors (Lipinski definition) is 2. The molecule has 1 heterocycles. The molecule has 0 spiro atoms. The molecule has 4 heteroatoms. The van der Waals surface area contributed by atoms with Crippen molar-refractivity contribution >= 4 is 17.4 Å². The zero-order valence-electron chi connectivity index (χ0n) is 13.1. The lowest BCUT2D eigenvalue weighted by molar-refractivity contribution is 0.206. The lowest BCUT2D eigenvalue weighted by Crippen LogP contribution is -2.40. The topological polar surface area (TPSA) is 32.3 Å². The highest BCUT2D eigenvalue weighted by Crippen LogP contribution is 2.47. The summed E-state index contributed by atoms with van der Waals surface area (Å²) in [6.45, 7) is 3.49. The molecule has 2 aromatic rings. The van der Waals surface area contributed by atoms with Crippen molar-refractivity contribution in [2.75, 3.05) is 13.6 Å². The van der Waals surface area contributed by atoms with Crippen LogP contribution in [0.1, 0.15) is 28.8 Å². The van der Waals surface area contributed by atoms with Crippen LogP contribution in [0.2, 0.25) is 0 Å². The van der Waals surface area contributed by atoms with Crippen LogP contribution in [0.15, 0.2) is 41.8 Å². The summed E-state index contributed by atoms with van der Waals surface area (Å²) in [6.07, 6.45) is 2.32. The van der Waals surface area contributed by atoms with E-state index in [1.165, 1.54) is 16.0 Å². The summed E-state index contributed by atoms with van der Waals surface area (Å²) in [4.78, 5) is 15.3. The SMILES string of the molecule is Cc1ccsc1CN(C)C(=O)NCC1(c2ccccc2)CC1. The third-order valence-electron chi connectivity index (χ3n) is 4.51. The van der Waals surface area contributed by atoms with Crippen LogP contribution in [-0.4, -0.2) is 24.5 Å². The van der Waals surface area contributed by atoms with Crippen LogP contribution in [0, 0.1) is 6.92 Å². The minimum Gasteiger partial charge on any atom is -0.337 e. The van der Waals surface area contributed by atoms with Crippen LogP contribution in [0.4, 0.5) is 4.79 Å². The molecular weight excluding hydrogens is 292 g/mol. The van der Waals surface area contributed by atoms with Gasteiger partial charge in [0.15, 0.2) is 0 Å². The minimum atomic E-state index is 0.00926. The van der Waals surface area contributed by atoms with Gasteiger partial charge in [0.05, 0.1) is 6.54 Å². The second-order valence-corrected chi connectivity index (χ2v) is 7.19. The first-order valence-electron chi connectivity index (χ1n) is 7.68. The molecule has 22 heavy (non-hydrogen) atoms. The number of rotatable bonds is 5. The molecule has 116 valence electrons. The highest BCUT2D eigenvalue weighted by atomic mass is 32.1. The molecule has 1 fully saturated rings. The van der Waals surface area contributed by atoms with E-state index < -0.39 is 0 Å². The summed E-state index contributed by atoms with van der Waals surface area (Å²) in [7, 11) is 1.86. The molecule has 1 aliphatic rings. The summed E-state index contributed by atoms with van der Waals surface area (Å²) >= 11 is 1.71. The van der Waals surface area contributed by atoms with E-state index in [2.05, 4.69) is 48.0 Å². The predicted octanol–water partition coefficient (Wildman–Crippen LogP) is 3.93. The lowest BCUT2D eigenvalue weighted by atomic mass is 9.96. The number of nitrogens with zero attached hydrogens (tertiary/aromatic N) is 1. The molecule has 1 N–H and O–H groups in total. The third kappa shape index (κ3) is 3.17. The van der Waals surface area contributed by atoms with Crippen molar-refractivity contribution in [2.24, 2.45) is 0 Å². The molecule has 1 aliphatic carbocycles. The summed E-state index contributed by atoms with van der Waals surface area (Å²) in [5.74, 6) is 0. The maximum atomic E-state index is 12.3. The van der Waals surface area contributed by atoms with Crippen molar-refractivity contribution in [3.8, 4) is 0 Å². The van der Waals surface area contributed by atoms with Crippen LogP contribution in [-0.2, 0) is 12.0 Å². The molecule has 0 unspecified atom stereocenters. The summed E-state index contributed by atoms with van der Waals surface area (Å²) in [5.41, 5.74) is 2.76. The molecule has 0 saturated heterocycles. The number of carbonyl (C=O) groups excluding carboxylic acids is 1. The number of carbonyl (C=O) groups is 1. The maximum absolute atomic E-state index is 12.3. The van der Waals surface area contributed by atoms with Gasteiger partial charge >= 0.3 is 6.03 Å². The summed E-state index contributed by atoms with van der Waals surface area (Å²) < 4.78 is 0. The fourth-order valence-electron chi connectivity index (χ4n) is 2.74. The standard InChI is InChI=1S/C18H22N2OS/c1-14-8-11-22-16(14)12-20(2)17(21)19-13-18(9-10-18)15-6-4-3-5-7-15/h3-8,11H,9-10,12-13H2,1-2H3,(H,19,21). The van der Waals surface area contributed by atoms with E-state index in [1.807, 2.05) is 13.1 Å². The van der Waals surface area contributed by atoms with Gasteiger partial charge in [0.1, 0.15) is 0 Å². The number of amides is 2. The van der Waals surface area contributed by atoms with Gasteiger partial charge in [-0.05, 0) is 42.3 Å². The van der Waals surface area contributed by atoms with E-state index in [9.17, 15) is 4.79 Å². The molecule has 3 nitrogen and oxygen atoms in total. The molecule has 0 atom stereocenters. The van der Waals surface area contributed by atoms with E-state index in [4.69, 9.17) is 0 Å². The van der Waals surface area contributed by atoms with Gasteiger partial charge in [0.2, 0.25) is 0 Å². The normalized spacial score (nSPS) is 15.4. The molecule has 1 saturated carbocycles. The van der Waals surface area contributed by atoms with Crippen LogP contribution in [0.5, 0.6) is 0 Å². The third-order valence-corrected chi connectivity index (χ3v) is 5.52. The van der Waals surface area contributed by atoms with Gasteiger partial charge in [-0.3, -0.25) is 0 Å². The average Bonchev–Trinajstić information content (AvgIpc) is 3.24. The number of benzene rings is 1. The molecule has 3 rings (SSSR count). The van der Waals surface area contributed by atoms with Gasteiger partial charge in [-0.1, -0.05) is 30.3 Å². The monoisotopic (exact) mass is 314 g/mol. The zero-order chi connectivity index (χ0) is 15.6. The number of thiophene rings is 1. The Hall–Kier alpha value is -1.81. The number of aryl methyl sites for hydroxylation is 1. The van der Waals surface area contributed by atoms with Gasteiger partial charge in [-0.25, -0.2) is 4.79 Å². The minimum absolute atomic E-state index is 0.00926.